The van der Waals surface area contributed by atoms with Crippen LogP contribution in [0.15, 0.2) is 12.4 Å². The zero-order valence-electron chi connectivity index (χ0n) is 17.2. The lowest BCUT2D eigenvalue weighted by molar-refractivity contribution is -0.121. The summed E-state index contributed by atoms with van der Waals surface area (Å²) in [6.07, 6.45) is 7.20. The summed E-state index contributed by atoms with van der Waals surface area (Å²) in [7, 11) is 3.44. The lowest BCUT2D eigenvalue weighted by Gasteiger charge is -2.27. The maximum absolute atomic E-state index is 12.4. The Morgan fingerprint density at radius 1 is 1.18 bits per heavy atom. The van der Waals surface area contributed by atoms with E-state index in [9.17, 15) is 4.79 Å². The molecule has 1 N–H and O–H groups in total. The number of ether oxygens (including phenoxy) is 1. The Kier molecular flexibility index (Phi) is 5.76. The van der Waals surface area contributed by atoms with Gasteiger partial charge >= 0.3 is 0 Å². The van der Waals surface area contributed by atoms with Crippen molar-refractivity contribution in [2.45, 2.75) is 52.0 Å². The molecule has 0 aliphatic heterocycles. The summed E-state index contributed by atoms with van der Waals surface area (Å²) in [5.74, 6) is 1.72. The van der Waals surface area contributed by atoms with E-state index in [0.717, 1.165) is 42.8 Å². The molecule has 0 aromatic carbocycles. The van der Waals surface area contributed by atoms with Gasteiger partial charge in [-0.3, -0.25) is 4.79 Å². The molecule has 1 aliphatic rings. The molecule has 8 heteroatoms. The molecule has 28 heavy (non-hydrogen) atoms. The number of carbonyl (C=O) groups excluding carboxylic acids is 1. The maximum atomic E-state index is 12.4. The minimum Gasteiger partial charge on any atom is -0.480 e. The van der Waals surface area contributed by atoms with Crippen molar-refractivity contribution in [3.63, 3.8) is 0 Å². The maximum Gasteiger partial charge on any atom is 0.239 e. The number of nitrogens with zero attached hydrogens (tertiary/aromatic N) is 5. The summed E-state index contributed by atoms with van der Waals surface area (Å²) >= 11 is 0. The van der Waals surface area contributed by atoms with Crippen LogP contribution >= 0.6 is 0 Å². The van der Waals surface area contributed by atoms with Crippen molar-refractivity contribution in [3.8, 4) is 17.4 Å². The van der Waals surface area contributed by atoms with E-state index < -0.39 is 0 Å². The van der Waals surface area contributed by atoms with Gasteiger partial charge in [0.05, 0.1) is 26.0 Å². The molecule has 0 unspecified atom stereocenters. The predicted octanol–water partition coefficient (Wildman–Crippen LogP) is 2.17. The molecular weight excluding hydrogens is 356 g/mol. The summed E-state index contributed by atoms with van der Waals surface area (Å²) in [5.41, 5.74) is 2.48. The van der Waals surface area contributed by atoms with E-state index in [0.29, 0.717) is 17.4 Å². The standard InChI is InChI=1S/C20H28N6O2/c1-20(2,3)25-16(27)12-26(4)19-13-8-6-7-9-14(13)23-18(24-19)15-10-22-17(28-5)11-21-15/h10-11H,6-9,12H2,1-5H3,(H,25,27). The molecule has 3 rings (SSSR count). The molecule has 1 amide bonds. The third-order valence-electron chi connectivity index (χ3n) is 4.48. The summed E-state index contributed by atoms with van der Waals surface area (Å²) in [4.78, 5) is 32.4. The van der Waals surface area contributed by atoms with Crippen LogP contribution in [0.3, 0.4) is 0 Å². The topological polar surface area (TPSA) is 93.1 Å². The van der Waals surface area contributed by atoms with E-state index in [1.807, 2.05) is 32.7 Å². The number of rotatable bonds is 5. The van der Waals surface area contributed by atoms with Gasteiger partial charge in [0, 0.05) is 23.8 Å². The van der Waals surface area contributed by atoms with Gasteiger partial charge in [-0.05, 0) is 46.5 Å². The summed E-state index contributed by atoms with van der Waals surface area (Å²) in [5, 5.41) is 3.00. The number of aromatic nitrogens is 4. The first-order valence-corrected chi connectivity index (χ1v) is 9.55. The van der Waals surface area contributed by atoms with Crippen LogP contribution in [0.1, 0.15) is 44.9 Å². The van der Waals surface area contributed by atoms with Crippen molar-refractivity contribution in [1.29, 1.82) is 0 Å². The van der Waals surface area contributed by atoms with Crippen molar-refractivity contribution >= 4 is 11.7 Å². The van der Waals surface area contributed by atoms with Gasteiger partial charge in [-0.2, -0.15) is 0 Å². The minimum atomic E-state index is -0.271. The molecule has 2 aromatic rings. The third-order valence-corrected chi connectivity index (χ3v) is 4.48. The molecule has 0 saturated heterocycles. The van der Waals surface area contributed by atoms with Crippen molar-refractivity contribution in [2.24, 2.45) is 0 Å². The normalized spacial score (nSPS) is 13.6. The number of amides is 1. The molecule has 150 valence electrons. The number of methoxy groups -OCH3 is 1. The third kappa shape index (κ3) is 4.74. The Balaban J connectivity index is 1.93. The molecule has 2 aromatic heterocycles. The summed E-state index contributed by atoms with van der Waals surface area (Å²) in [6, 6.07) is 0. The first-order chi connectivity index (χ1) is 13.3. The summed E-state index contributed by atoms with van der Waals surface area (Å²) in [6.45, 7) is 6.14. The molecule has 0 saturated carbocycles. The molecule has 0 radical (unpaired) electrons. The minimum absolute atomic E-state index is 0.0380. The van der Waals surface area contributed by atoms with Crippen LogP contribution in [-0.2, 0) is 17.6 Å². The highest BCUT2D eigenvalue weighted by molar-refractivity contribution is 5.82. The van der Waals surface area contributed by atoms with Crippen LogP contribution in [0.25, 0.3) is 11.5 Å². The number of fused-ring (bicyclic) bond motifs is 1. The van der Waals surface area contributed by atoms with Crippen LogP contribution in [0, 0.1) is 0 Å². The zero-order valence-corrected chi connectivity index (χ0v) is 17.2. The van der Waals surface area contributed by atoms with Crippen LogP contribution in [-0.4, -0.2) is 52.1 Å². The molecule has 0 spiro atoms. The van der Waals surface area contributed by atoms with Gasteiger partial charge in [0.15, 0.2) is 5.82 Å². The SMILES string of the molecule is COc1cnc(-c2nc3c(c(N(C)CC(=O)NC(C)(C)C)n2)CCCC3)cn1. The molecule has 8 nitrogen and oxygen atoms in total. The predicted molar refractivity (Wildman–Crippen MR) is 107 cm³/mol. The Bertz CT molecular complexity index is 845. The summed E-state index contributed by atoms with van der Waals surface area (Å²) < 4.78 is 5.07. The van der Waals surface area contributed by atoms with Crippen LogP contribution in [0.5, 0.6) is 5.88 Å². The smallest absolute Gasteiger partial charge is 0.239 e. The highest BCUT2D eigenvalue weighted by atomic mass is 16.5. The first kappa shape index (κ1) is 20.0. The van der Waals surface area contributed by atoms with E-state index in [1.165, 1.54) is 0 Å². The van der Waals surface area contributed by atoms with Gasteiger partial charge in [0.2, 0.25) is 11.8 Å². The second-order valence-corrected chi connectivity index (χ2v) is 8.10. The van der Waals surface area contributed by atoms with Crippen molar-refractivity contribution in [1.82, 2.24) is 25.3 Å². The Morgan fingerprint density at radius 3 is 2.57 bits per heavy atom. The van der Waals surface area contributed by atoms with E-state index in [4.69, 9.17) is 14.7 Å². The van der Waals surface area contributed by atoms with Gasteiger partial charge in [-0.15, -0.1) is 0 Å². The average molecular weight is 384 g/mol. The van der Waals surface area contributed by atoms with Gasteiger partial charge in [-0.25, -0.2) is 19.9 Å². The highest BCUT2D eigenvalue weighted by Crippen LogP contribution is 2.29. The van der Waals surface area contributed by atoms with Gasteiger partial charge < -0.3 is 15.0 Å². The number of aryl methyl sites for hydroxylation is 1. The monoisotopic (exact) mass is 384 g/mol. The fraction of sp³-hybridized carbons (Fsp3) is 0.550. The quantitative estimate of drug-likeness (QED) is 0.844. The molecule has 0 atom stereocenters. The highest BCUT2D eigenvalue weighted by Gasteiger charge is 2.23. The zero-order chi connectivity index (χ0) is 20.3. The van der Waals surface area contributed by atoms with Crippen molar-refractivity contribution < 1.29 is 9.53 Å². The van der Waals surface area contributed by atoms with E-state index in [-0.39, 0.29) is 18.0 Å². The van der Waals surface area contributed by atoms with Crippen LogP contribution < -0.4 is 15.0 Å². The van der Waals surface area contributed by atoms with Gasteiger partial charge in [0.25, 0.3) is 0 Å². The van der Waals surface area contributed by atoms with Gasteiger partial charge in [-0.1, -0.05) is 0 Å². The largest absolute Gasteiger partial charge is 0.480 e. The number of carbonyl (C=O) groups is 1. The lowest BCUT2D eigenvalue weighted by Crippen LogP contribution is -2.45. The van der Waals surface area contributed by atoms with Crippen molar-refractivity contribution in [3.05, 3.63) is 23.7 Å². The Labute approximate surface area is 165 Å². The number of likely N-dealkylation sites (N-methyl/N-ethyl adjacent to an activating group) is 1. The molecular formula is C20H28N6O2. The molecule has 0 bridgehead atoms. The second-order valence-electron chi connectivity index (χ2n) is 8.10. The van der Waals surface area contributed by atoms with E-state index >= 15 is 0 Å². The molecule has 0 fully saturated rings. The Hall–Kier alpha value is -2.77. The second kappa shape index (κ2) is 8.08. The van der Waals surface area contributed by atoms with Gasteiger partial charge in [0.1, 0.15) is 11.5 Å². The lowest BCUT2D eigenvalue weighted by atomic mass is 9.96. The molecule has 1 aliphatic carbocycles. The fourth-order valence-corrected chi connectivity index (χ4v) is 3.29. The van der Waals surface area contributed by atoms with E-state index in [1.54, 1.807) is 19.5 Å². The van der Waals surface area contributed by atoms with Crippen LogP contribution in [0.2, 0.25) is 0 Å². The first-order valence-electron chi connectivity index (χ1n) is 9.55. The number of anilines is 1. The number of hydrogen-bond acceptors (Lipinski definition) is 7. The fourth-order valence-electron chi connectivity index (χ4n) is 3.29. The van der Waals surface area contributed by atoms with Crippen molar-refractivity contribution in [2.75, 3.05) is 25.6 Å². The van der Waals surface area contributed by atoms with E-state index in [2.05, 4.69) is 15.3 Å². The van der Waals surface area contributed by atoms with Crippen LogP contribution in [0.4, 0.5) is 5.82 Å². The molecule has 2 heterocycles. The Morgan fingerprint density at radius 2 is 1.93 bits per heavy atom. The number of nitrogens with one attached hydrogen (secondary N) is 1. The number of hydrogen-bond donors (Lipinski definition) is 1. The average Bonchev–Trinajstić information content (AvgIpc) is 2.65.